The fraction of sp³-hybridized carbons (Fsp3) is 0.414. The first-order valence-corrected chi connectivity index (χ1v) is 15.1. The molecule has 204 valence electrons. The number of anilines is 2. The minimum atomic E-state index is -3.66. The highest BCUT2D eigenvalue weighted by Crippen LogP contribution is 2.55. The Morgan fingerprint density at radius 2 is 1.82 bits per heavy atom. The van der Waals surface area contributed by atoms with Crippen LogP contribution in [0.15, 0.2) is 65.6 Å². The summed E-state index contributed by atoms with van der Waals surface area (Å²) in [5.74, 6) is 1.18. The number of aromatic nitrogens is 2. The lowest BCUT2D eigenvalue weighted by Gasteiger charge is -2.36. The highest BCUT2D eigenvalue weighted by Gasteiger charge is 2.58. The van der Waals surface area contributed by atoms with Crippen LogP contribution in [0.2, 0.25) is 0 Å². The molecule has 3 aromatic rings. The standard InChI is InChI=1S/C29H33N5O4S/c1-2-23-19-38-17-16-34(23)26-18-25(29(14-15-29)39(36,37)24-6-4-3-5-7-24)32-27(33-26)20-8-10-21(11-9-20)30-28(35)31-22-12-13-22/h3-11,18,22-23H,2,12-17,19H2,1H3,(H2,30,31,35)/t23-/m0/s1. The summed E-state index contributed by atoms with van der Waals surface area (Å²) >= 11 is 0. The van der Waals surface area contributed by atoms with Crippen molar-refractivity contribution in [2.45, 2.75) is 60.8 Å². The van der Waals surface area contributed by atoms with Crippen molar-refractivity contribution in [2.75, 3.05) is 30.0 Å². The Hall–Kier alpha value is -3.50. The fourth-order valence-electron chi connectivity index (χ4n) is 5.12. The van der Waals surface area contributed by atoms with Crippen molar-refractivity contribution < 1.29 is 17.9 Å². The Bertz CT molecular complexity index is 1450. The lowest BCUT2D eigenvalue weighted by molar-refractivity contribution is 0.0925. The van der Waals surface area contributed by atoms with Crippen LogP contribution >= 0.6 is 0 Å². The minimum absolute atomic E-state index is 0.145. The number of hydrogen-bond acceptors (Lipinski definition) is 7. The Morgan fingerprint density at radius 1 is 1.08 bits per heavy atom. The summed E-state index contributed by atoms with van der Waals surface area (Å²) in [6, 6.07) is 18.0. The summed E-state index contributed by atoms with van der Waals surface area (Å²) in [5, 5.41) is 5.77. The molecular formula is C29H33N5O4S. The Kier molecular flexibility index (Phi) is 6.76. The molecule has 1 atom stereocenters. The summed E-state index contributed by atoms with van der Waals surface area (Å²) in [6.45, 7) is 3.97. The number of carbonyl (C=O) groups is 1. The molecule has 2 N–H and O–H groups in total. The van der Waals surface area contributed by atoms with E-state index in [1.165, 1.54) is 0 Å². The van der Waals surface area contributed by atoms with Gasteiger partial charge in [-0.1, -0.05) is 25.1 Å². The summed E-state index contributed by atoms with van der Waals surface area (Å²) < 4.78 is 32.4. The van der Waals surface area contributed by atoms with Gasteiger partial charge in [0.05, 0.1) is 29.8 Å². The average Bonchev–Trinajstić information content (AvgIpc) is 3.90. The summed E-state index contributed by atoms with van der Waals surface area (Å²) in [4.78, 5) is 24.5. The van der Waals surface area contributed by atoms with Crippen molar-refractivity contribution in [3.8, 4) is 11.4 Å². The van der Waals surface area contributed by atoms with Crippen LogP contribution in [0.25, 0.3) is 11.4 Å². The highest BCUT2D eigenvalue weighted by molar-refractivity contribution is 7.92. The Morgan fingerprint density at radius 3 is 2.49 bits per heavy atom. The van der Waals surface area contributed by atoms with Gasteiger partial charge in [0.15, 0.2) is 15.7 Å². The number of rotatable bonds is 8. The highest BCUT2D eigenvalue weighted by atomic mass is 32.2. The molecule has 0 radical (unpaired) electrons. The van der Waals surface area contributed by atoms with Gasteiger partial charge in [-0.2, -0.15) is 0 Å². The van der Waals surface area contributed by atoms with Crippen LogP contribution in [0, 0.1) is 0 Å². The quantitative estimate of drug-likeness (QED) is 0.427. The molecule has 2 aliphatic carbocycles. The third kappa shape index (κ3) is 5.10. The molecule has 2 aromatic carbocycles. The van der Waals surface area contributed by atoms with Gasteiger partial charge in [0.25, 0.3) is 0 Å². The van der Waals surface area contributed by atoms with Gasteiger partial charge in [0.2, 0.25) is 0 Å². The summed E-state index contributed by atoms with van der Waals surface area (Å²) in [7, 11) is -3.66. The molecule has 1 aromatic heterocycles. The Balaban J connectivity index is 1.38. The van der Waals surface area contributed by atoms with Crippen LogP contribution in [0.3, 0.4) is 0 Å². The number of urea groups is 1. The molecule has 1 saturated heterocycles. The lowest BCUT2D eigenvalue weighted by atomic mass is 10.1. The zero-order valence-corrected chi connectivity index (χ0v) is 22.8. The van der Waals surface area contributed by atoms with Gasteiger partial charge in [0, 0.05) is 29.9 Å². The van der Waals surface area contributed by atoms with Crippen LogP contribution in [0.1, 0.15) is 44.7 Å². The van der Waals surface area contributed by atoms with E-state index in [0.29, 0.717) is 60.5 Å². The number of nitrogens with zero attached hydrogens (tertiary/aromatic N) is 3. The van der Waals surface area contributed by atoms with E-state index in [-0.39, 0.29) is 18.1 Å². The number of amides is 2. The van der Waals surface area contributed by atoms with E-state index in [1.807, 2.05) is 36.4 Å². The van der Waals surface area contributed by atoms with E-state index < -0.39 is 14.6 Å². The van der Waals surface area contributed by atoms with Crippen LogP contribution in [0.5, 0.6) is 0 Å². The first kappa shape index (κ1) is 25.8. The maximum atomic E-state index is 13.9. The van der Waals surface area contributed by atoms with E-state index >= 15 is 0 Å². The van der Waals surface area contributed by atoms with E-state index in [1.54, 1.807) is 24.3 Å². The molecular weight excluding hydrogens is 514 g/mol. The molecule has 1 aliphatic heterocycles. The molecule has 9 nitrogen and oxygen atoms in total. The predicted octanol–water partition coefficient (Wildman–Crippen LogP) is 4.51. The second-order valence-electron chi connectivity index (χ2n) is 10.5. The zero-order chi connectivity index (χ0) is 27.0. The maximum Gasteiger partial charge on any atom is 0.319 e. The second-order valence-corrected chi connectivity index (χ2v) is 12.8. The van der Waals surface area contributed by atoms with Crippen molar-refractivity contribution >= 4 is 27.4 Å². The fourth-order valence-corrected chi connectivity index (χ4v) is 7.11. The molecule has 2 heterocycles. The van der Waals surface area contributed by atoms with Crippen molar-refractivity contribution in [2.24, 2.45) is 0 Å². The van der Waals surface area contributed by atoms with Gasteiger partial charge in [0.1, 0.15) is 10.6 Å². The molecule has 6 rings (SSSR count). The van der Waals surface area contributed by atoms with Crippen LogP contribution in [-0.4, -0.2) is 56.3 Å². The molecule has 3 aliphatic rings. The number of benzene rings is 2. The van der Waals surface area contributed by atoms with Crippen LogP contribution < -0.4 is 15.5 Å². The monoisotopic (exact) mass is 547 g/mol. The molecule has 2 amide bonds. The molecule has 2 saturated carbocycles. The largest absolute Gasteiger partial charge is 0.377 e. The molecule has 3 fully saturated rings. The third-order valence-corrected chi connectivity index (χ3v) is 10.3. The van der Waals surface area contributed by atoms with E-state index in [0.717, 1.165) is 24.8 Å². The normalized spacial score (nSPS) is 20.3. The van der Waals surface area contributed by atoms with Gasteiger partial charge >= 0.3 is 6.03 Å². The van der Waals surface area contributed by atoms with Crippen molar-refractivity contribution in [1.82, 2.24) is 15.3 Å². The van der Waals surface area contributed by atoms with Crippen molar-refractivity contribution in [1.29, 1.82) is 0 Å². The smallest absolute Gasteiger partial charge is 0.319 e. The van der Waals surface area contributed by atoms with Gasteiger partial charge in [-0.25, -0.2) is 23.2 Å². The Labute approximate surface area is 228 Å². The second kappa shape index (κ2) is 10.2. The van der Waals surface area contributed by atoms with Crippen molar-refractivity contribution in [3.05, 3.63) is 66.4 Å². The number of sulfone groups is 1. The molecule has 0 bridgehead atoms. The van der Waals surface area contributed by atoms with E-state index in [4.69, 9.17) is 14.7 Å². The van der Waals surface area contributed by atoms with Gasteiger partial charge in [-0.3, -0.25) is 0 Å². The topological polar surface area (TPSA) is 114 Å². The van der Waals surface area contributed by atoms with Gasteiger partial charge in [-0.05, 0) is 68.5 Å². The third-order valence-electron chi connectivity index (χ3n) is 7.76. The molecule has 0 unspecified atom stereocenters. The minimum Gasteiger partial charge on any atom is -0.377 e. The molecule has 0 spiro atoms. The summed E-state index contributed by atoms with van der Waals surface area (Å²) in [6.07, 6.45) is 3.95. The number of morpholine rings is 1. The molecule has 39 heavy (non-hydrogen) atoms. The first-order chi connectivity index (χ1) is 18.9. The van der Waals surface area contributed by atoms with Crippen LogP contribution in [0.4, 0.5) is 16.3 Å². The van der Waals surface area contributed by atoms with Crippen LogP contribution in [-0.2, 0) is 19.3 Å². The first-order valence-electron chi connectivity index (χ1n) is 13.6. The number of ether oxygens (including phenoxy) is 1. The van der Waals surface area contributed by atoms with Gasteiger partial charge < -0.3 is 20.3 Å². The maximum absolute atomic E-state index is 13.9. The lowest BCUT2D eigenvalue weighted by Crippen LogP contribution is -2.45. The summed E-state index contributed by atoms with van der Waals surface area (Å²) in [5.41, 5.74) is 1.94. The number of hydrogen-bond donors (Lipinski definition) is 2. The van der Waals surface area contributed by atoms with E-state index in [9.17, 15) is 13.2 Å². The SMILES string of the molecule is CC[C@H]1COCCN1c1cc(C2(S(=O)(=O)c3ccccc3)CC2)nc(-c2ccc(NC(=O)NC3CC3)cc2)n1. The van der Waals surface area contributed by atoms with Crippen molar-refractivity contribution in [3.63, 3.8) is 0 Å². The predicted molar refractivity (Wildman–Crippen MR) is 149 cm³/mol. The van der Waals surface area contributed by atoms with E-state index in [2.05, 4.69) is 22.5 Å². The number of nitrogens with one attached hydrogen (secondary N) is 2. The zero-order valence-electron chi connectivity index (χ0n) is 22.0. The number of carbonyl (C=O) groups excluding carboxylic acids is 1. The average molecular weight is 548 g/mol. The molecule has 10 heteroatoms. The van der Waals surface area contributed by atoms with Gasteiger partial charge in [-0.15, -0.1) is 0 Å².